The highest BCUT2D eigenvalue weighted by molar-refractivity contribution is 7.99. The Hall–Kier alpha value is -4.49. The Morgan fingerprint density at radius 3 is 2.29 bits per heavy atom. The van der Waals surface area contributed by atoms with E-state index in [-0.39, 0.29) is 51.3 Å². The van der Waals surface area contributed by atoms with Gasteiger partial charge in [0, 0.05) is 36.0 Å². The number of carbonyl (C=O) groups excluding carboxylic acids is 3. The van der Waals surface area contributed by atoms with E-state index in [1.165, 1.54) is 21.7 Å². The maximum Gasteiger partial charge on any atom is 0.527 e. The van der Waals surface area contributed by atoms with Crippen LogP contribution in [0.1, 0.15) is 30.3 Å². The summed E-state index contributed by atoms with van der Waals surface area (Å²) in [5.41, 5.74) is 0.756. The Labute approximate surface area is 247 Å². The SMILES string of the molecule is CCOC(=O)ON1CCN(C(=O)[C@H](CCC(=O)O)NC(=O)c2cc(Sc3ccccc3)nc(-c3ccccc3)n2)CC1. The molecule has 2 N–H and O–H groups in total. The van der Waals surface area contributed by atoms with Crippen molar-refractivity contribution in [2.75, 3.05) is 32.8 Å². The third-order valence-electron chi connectivity index (χ3n) is 6.20. The minimum absolute atomic E-state index is 0.0445. The second kappa shape index (κ2) is 14.9. The standard InChI is InChI=1S/C29H31N5O7S/c1-2-40-29(39)41-34-17-15-33(16-18-34)28(38)22(13-14-25(35)36)31-27(37)23-19-24(42-21-11-7-4-8-12-21)32-26(30-23)20-9-5-3-6-10-20/h3-12,19,22H,2,13-18H2,1H3,(H,31,37)(H,35,36)/t22-/m0/s1. The van der Waals surface area contributed by atoms with Crippen LogP contribution in [0, 0.1) is 0 Å². The van der Waals surface area contributed by atoms with E-state index >= 15 is 0 Å². The summed E-state index contributed by atoms with van der Waals surface area (Å²) in [4.78, 5) is 66.5. The summed E-state index contributed by atoms with van der Waals surface area (Å²) in [6.45, 7) is 2.72. The van der Waals surface area contributed by atoms with E-state index in [1.807, 2.05) is 60.7 Å². The molecular formula is C29H31N5O7S. The first-order valence-electron chi connectivity index (χ1n) is 13.4. The number of carboxylic acid groups (broad SMARTS) is 1. The maximum atomic E-state index is 13.5. The molecule has 0 spiro atoms. The lowest BCUT2D eigenvalue weighted by Crippen LogP contribution is -2.55. The predicted molar refractivity (Wildman–Crippen MR) is 152 cm³/mol. The van der Waals surface area contributed by atoms with Crippen molar-refractivity contribution in [2.24, 2.45) is 0 Å². The van der Waals surface area contributed by atoms with E-state index in [0.717, 1.165) is 4.90 Å². The molecule has 1 atom stereocenters. The number of hydroxylamine groups is 2. The van der Waals surface area contributed by atoms with Crippen molar-refractivity contribution in [3.8, 4) is 11.4 Å². The van der Waals surface area contributed by atoms with Gasteiger partial charge in [0.15, 0.2) is 5.82 Å². The molecule has 42 heavy (non-hydrogen) atoms. The van der Waals surface area contributed by atoms with Crippen molar-refractivity contribution >= 4 is 35.7 Å². The number of ether oxygens (including phenoxy) is 1. The zero-order valence-electron chi connectivity index (χ0n) is 23.0. The molecule has 1 fully saturated rings. The van der Waals surface area contributed by atoms with Gasteiger partial charge in [-0.25, -0.2) is 14.8 Å². The van der Waals surface area contributed by atoms with E-state index in [4.69, 9.17) is 9.57 Å². The number of nitrogens with zero attached hydrogens (tertiary/aromatic N) is 4. The van der Waals surface area contributed by atoms with Crippen molar-refractivity contribution in [3.63, 3.8) is 0 Å². The first kappa shape index (κ1) is 30.5. The minimum Gasteiger partial charge on any atom is -0.481 e. The molecule has 0 saturated carbocycles. The smallest absolute Gasteiger partial charge is 0.481 e. The summed E-state index contributed by atoms with van der Waals surface area (Å²) < 4.78 is 4.78. The van der Waals surface area contributed by atoms with Gasteiger partial charge < -0.3 is 24.9 Å². The van der Waals surface area contributed by atoms with Crippen molar-refractivity contribution in [1.82, 2.24) is 25.2 Å². The van der Waals surface area contributed by atoms with Gasteiger partial charge in [-0.1, -0.05) is 60.3 Å². The van der Waals surface area contributed by atoms with Gasteiger partial charge in [0.05, 0.1) is 19.7 Å². The number of aliphatic carboxylic acids is 1. The Balaban J connectivity index is 1.52. The monoisotopic (exact) mass is 593 g/mol. The lowest BCUT2D eigenvalue weighted by atomic mass is 10.1. The number of nitrogens with one attached hydrogen (secondary N) is 1. The van der Waals surface area contributed by atoms with Crippen LogP contribution in [0.15, 0.2) is 76.7 Å². The number of hydrogen-bond acceptors (Lipinski definition) is 10. The van der Waals surface area contributed by atoms with Crippen LogP contribution in [0.5, 0.6) is 0 Å². The summed E-state index contributed by atoms with van der Waals surface area (Å²) in [6, 6.07) is 19.2. The third kappa shape index (κ3) is 8.75. The molecule has 2 heterocycles. The number of benzene rings is 2. The van der Waals surface area contributed by atoms with E-state index in [9.17, 15) is 24.3 Å². The molecular weight excluding hydrogens is 562 g/mol. The van der Waals surface area contributed by atoms with E-state index in [1.54, 1.807) is 13.0 Å². The summed E-state index contributed by atoms with van der Waals surface area (Å²) >= 11 is 1.36. The van der Waals surface area contributed by atoms with Crippen molar-refractivity contribution < 1.29 is 33.9 Å². The molecule has 2 amide bonds. The second-order valence-electron chi connectivity index (χ2n) is 9.18. The van der Waals surface area contributed by atoms with Crippen LogP contribution in [-0.2, 0) is 19.2 Å². The van der Waals surface area contributed by atoms with Crippen LogP contribution in [0.2, 0.25) is 0 Å². The fourth-order valence-electron chi connectivity index (χ4n) is 4.15. The van der Waals surface area contributed by atoms with Crippen LogP contribution < -0.4 is 5.32 Å². The lowest BCUT2D eigenvalue weighted by molar-refractivity contribution is -0.157. The van der Waals surface area contributed by atoms with E-state index < -0.39 is 30.0 Å². The van der Waals surface area contributed by atoms with Crippen LogP contribution in [0.25, 0.3) is 11.4 Å². The van der Waals surface area contributed by atoms with Gasteiger partial charge in [0.2, 0.25) is 5.91 Å². The Bertz CT molecular complexity index is 1390. The van der Waals surface area contributed by atoms with Crippen molar-refractivity contribution in [1.29, 1.82) is 0 Å². The summed E-state index contributed by atoms with van der Waals surface area (Å²) in [5.74, 6) is -1.81. The molecule has 13 heteroatoms. The number of carboxylic acids is 1. The molecule has 0 radical (unpaired) electrons. The van der Waals surface area contributed by atoms with Gasteiger partial charge in [0.1, 0.15) is 16.8 Å². The normalized spacial score (nSPS) is 14.1. The quantitative estimate of drug-likeness (QED) is 0.248. The molecule has 4 rings (SSSR count). The van der Waals surface area contributed by atoms with Gasteiger partial charge in [-0.05, 0) is 25.5 Å². The first-order valence-corrected chi connectivity index (χ1v) is 14.2. The molecule has 1 aliphatic rings. The lowest BCUT2D eigenvalue weighted by Gasteiger charge is -2.35. The zero-order chi connectivity index (χ0) is 29.9. The highest BCUT2D eigenvalue weighted by Crippen LogP contribution is 2.28. The van der Waals surface area contributed by atoms with Gasteiger partial charge in [-0.15, -0.1) is 5.06 Å². The summed E-state index contributed by atoms with van der Waals surface area (Å²) in [5, 5.41) is 13.9. The second-order valence-corrected chi connectivity index (χ2v) is 10.3. The molecule has 2 aromatic carbocycles. The van der Waals surface area contributed by atoms with Crippen LogP contribution in [0.3, 0.4) is 0 Å². The zero-order valence-corrected chi connectivity index (χ0v) is 23.8. The third-order valence-corrected chi connectivity index (χ3v) is 7.13. The largest absolute Gasteiger partial charge is 0.527 e. The molecule has 220 valence electrons. The maximum absolute atomic E-state index is 13.5. The Morgan fingerprint density at radius 1 is 0.976 bits per heavy atom. The number of hydrogen-bond donors (Lipinski definition) is 2. The first-order chi connectivity index (χ1) is 20.3. The predicted octanol–water partition coefficient (Wildman–Crippen LogP) is 3.49. The fourth-order valence-corrected chi connectivity index (χ4v) is 4.98. The number of rotatable bonds is 11. The number of piperazine rings is 1. The molecule has 0 unspecified atom stereocenters. The molecule has 1 aliphatic heterocycles. The van der Waals surface area contributed by atoms with Crippen LogP contribution in [0.4, 0.5) is 4.79 Å². The molecule has 3 aromatic rings. The molecule has 1 aromatic heterocycles. The van der Waals surface area contributed by atoms with Crippen LogP contribution >= 0.6 is 11.8 Å². The summed E-state index contributed by atoms with van der Waals surface area (Å²) in [6.07, 6.45) is -1.26. The average molecular weight is 594 g/mol. The Kier molecular flexibility index (Phi) is 10.8. The van der Waals surface area contributed by atoms with Crippen molar-refractivity contribution in [3.05, 3.63) is 72.4 Å². The van der Waals surface area contributed by atoms with Gasteiger partial charge in [-0.3, -0.25) is 14.4 Å². The average Bonchev–Trinajstić information content (AvgIpc) is 3.00. The molecule has 0 aliphatic carbocycles. The van der Waals surface area contributed by atoms with E-state index in [0.29, 0.717) is 16.4 Å². The topological polar surface area (TPSA) is 151 Å². The van der Waals surface area contributed by atoms with E-state index in [2.05, 4.69) is 15.3 Å². The minimum atomic E-state index is -1.11. The number of amides is 2. The molecule has 12 nitrogen and oxygen atoms in total. The highest BCUT2D eigenvalue weighted by Gasteiger charge is 2.31. The summed E-state index contributed by atoms with van der Waals surface area (Å²) in [7, 11) is 0. The molecule has 1 saturated heterocycles. The Morgan fingerprint density at radius 2 is 1.64 bits per heavy atom. The molecule has 0 bridgehead atoms. The number of carbonyl (C=O) groups is 4. The van der Waals surface area contributed by atoms with Crippen LogP contribution in [-0.4, -0.2) is 87.8 Å². The fraction of sp³-hybridized carbons (Fsp3) is 0.310. The van der Waals surface area contributed by atoms with Gasteiger partial charge >= 0.3 is 12.1 Å². The van der Waals surface area contributed by atoms with Crippen molar-refractivity contribution in [2.45, 2.75) is 35.7 Å². The van der Waals surface area contributed by atoms with Gasteiger partial charge in [-0.2, -0.15) is 0 Å². The highest BCUT2D eigenvalue weighted by atomic mass is 32.2. The number of aromatic nitrogens is 2. The van der Waals surface area contributed by atoms with Gasteiger partial charge in [0.25, 0.3) is 5.91 Å².